The van der Waals surface area contributed by atoms with Gasteiger partial charge in [-0.05, 0) is 71.6 Å². The Morgan fingerprint density at radius 2 is 0.741 bits per heavy atom. The van der Waals surface area contributed by atoms with E-state index in [9.17, 15) is 30.6 Å². The van der Waals surface area contributed by atoms with E-state index >= 15 is 19.2 Å². The molecule has 2 aliphatic rings. The van der Waals surface area contributed by atoms with Gasteiger partial charge >= 0.3 is 23.9 Å². The molecule has 4 aromatic carbocycles. The van der Waals surface area contributed by atoms with Gasteiger partial charge in [0.05, 0.1) is 27.9 Å². The molecular formula is C64H42N6O10S5. The number of carbonyl (C=O) groups excluding carboxylic acids is 4. The van der Waals surface area contributed by atoms with Gasteiger partial charge in [0.15, 0.2) is 11.1 Å². The fourth-order valence-corrected chi connectivity index (χ4v) is 17.2. The largest absolute Gasteiger partial charge is 0.459 e. The summed E-state index contributed by atoms with van der Waals surface area (Å²) in [6.07, 6.45) is 6.04. The van der Waals surface area contributed by atoms with Gasteiger partial charge in [-0.25, -0.2) is 0 Å². The second kappa shape index (κ2) is 23.8. The van der Waals surface area contributed by atoms with Crippen molar-refractivity contribution in [2.24, 2.45) is 0 Å². The van der Waals surface area contributed by atoms with Gasteiger partial charge in [-0.1, -0.05) is 121 Å². The van der Waals surface area contributed by atoms with Crippen LogP contribution in [0.15, 0.2) is 142 Å². The molecule has 0 radical (unpaired) electrons. The van der Waals surface area contributed by atoms with Crippen molar-refractivity contribution in [1.29, 1.82) is 21.0 Å². The fourth-order valence-electron chi connectivity index (χ4n) is 10.3. The number of aromatic nitrogens is 2. The highest BCUT2D eigenvalue weighted by molar-refractivity contribution is 7.39. The van der Waals surface area contributed by atoms with Gasteiger partial charge in [0.1, 0.15) is 60.0 Å². The molecule has 5 heterocycles. The minimum absolute atomic E-state index is 0.000468. The van der Waals surface area contributed by atoms with Crippen LogP contribution in [0, 0.1) is 45.3 Å². The molecule has 9 aromatic rings. The molecule has 5 aromatic heterocycles. The van der Waals surface area contributed by atoms with E-state index < -0.39 is 45.8 Å². The Kier molecular flexibility index (Phi) is 16.0. The van der Waals surface area contributed by atoms with Gasteiger partial charge in [0.2, 0.25) is 10.8 Å². The smallest absolute Gasteiger partial charge is 0.333 e. The van der Waals surface area contributed by atoms with Crippen LogP contribution in [-0.2, 0) is 88.5 Å². The zero-order valence-electron chi connectivity index (χ0n) is 44.9. The molecule has 0 N–H and O–H groups in total. The fraction of sp³-hybridized carbons (Fsp3) is 0.156. The highest BCUT2D eigenvalue weighted by Gasteiger charge is 2.61. The van der Waals surface area contributed by atoms with E-state index in [1.54, 1.807) is 147 Å². The highest BCUT2D eigenvalue weighted by atomic mass is 32.1. The maximum absolute atomic E-state index is 15.7. The number of nitrogens with zero attached hydrogens (tertiary/aromatic N) is 6. The van der Waals surface area contributed by atoms with Gasteiger partial charge in [-0.2, -0.15) is 21.0 Å². The molecule has 2 aliphatic carbocycles. The minimum atomic E-state index is -2.46. The molecule has 0 saturated heterocycles. The van der Waals surface area contributed by atoms with E-state index in [1.165, 1.54) is 44.0 Å². The maximum atomic E-state index is 15.7. The molecule has 418 valence electrons. The van der Waals surface area contributed by atoms with Crippen LogP contribution in [0.25, 0.3) is 54.2 Å². The summed E-state index contributed by atoms with van der Waals surface area (Å²) in [5.41, 5.74) is -4.02. The number of fused-ring (bicyclic) bond motifs is 7. The summed E-state index contributed by atoms with van der Waals surface area (Å²) >= 11 is 5.24. The van der Waals surface area contributed by atoms with E-state index in [-0.39, 0.29) is 91.3 Å². The zero-order valence-corrected chi connectivity index (χ0v) is 49.0. The Morgan fingerprint density at radius 1 is 0.447 bits per heavy atom. The lowest BCUT2D eigenvalue weighted by Crippen LogP contribution is -2.46. The SMILES string of the molecule is CCn1c(=C(C#N)C#N)s/c(=C\C2=Cc3sc4c(sc5c6c(sc54)C=C(/C=c4\sc(=C(C#N)C#N)n(CC)c4=O)C6(C(=O)OCc4ccccc4)C(=O)OCc4ccccc4)c3C2(C(=O)OCc2ccccc2)C(=O)OCc2ccccc2)c1=O. The summed E-state index contributed by atoms with van der Waals surface area (Å²) in [4.78, 5) is 92.5. The average molecular weight is 1220 g/mol. The lowest BCUT2D eigenvalue weighted by Gasteiger charge is -2.28. The Hall–Kier alpha value is -9.84. The molecule has 85 heavy (non-hydrogen) atoms. The molecule has 0 aliphatic heterocycles. The molecule has 0 fully saturated rings. The first kappa shape index (κ1) is 57.0. The molecule has 16 nitrogen and oxygen atoms in total. The van der Waals surface area contributed by atoms with Crippen LogP contribution >= 0.6 is 56.7 Å². The standard InChI is InChI=1S/C64H42N6O10S5/c1-3-69-55(71)47(83-57(69)41(29-65)30-66)27-43-25-45-49(63(43,59(73)77-33-37-17-9-5-10-18-37)60(74)78-34-38-19-11-6-12-20-38)51-53(81-45)54-52(85-51)50-46(82-54)26-44(28-48-56(72)70(4-2)58(84-48)42(31-67)32-68)64(50,61(75)79-35-39-21-13-7-14-22-39)62(76)80-36-40-23-15-8-16-24-40/h5-28H,3-4,33-36H2,1-2H3/b47-27-,48-28-. The number of esters is 4. The molecule has 0 spiro atoms. The number of thiazole rings is 2. The number of nitriles is 4. The van der Waals surface area contributed by atoms with E-state index in [0.717, 1.165) is 34.0 Å². The van der Waals surface area contributed by atoms with Gasteiger partial charge < -0.3 is 18.9 Å². The van der Waals surface area contributed by atoms with E-state index in [1.807, 2.05) is 24.3 Å². The molecular weight excluding hydrogens is 1170 g/mol. The van der Waals surface area contributed by atoms with Crippen LogP contribution in [0.5, 0.6) is 0 Å². The first-order valence-corrected chi connectivity index (χ1v) is 30.3. The lowest BCUT2D eigenvalue weighted by molar-refractivity contribution is -0.165. The number of benzene rings is 4. The molecule has 0 atom stereocenters. The van der Waals surface area contributed by atoms with E-state index in [2.05, 4.69) is 0 Å². The summed E-state index contributed by atoms with van der Waals surface area (Å²) in [6.45, 7) is 2.40. The molecule has 11 rings (SSSR count). The van der Waals surface area contributed by atoms with Gasteiger partial charge in [0, 0.05) is 34.0 Å². The second-order valence-electron chi connectivity index (χ2n) is 19.2. The Labute approximate surface area is 503 Å². The van der Waals surface area contributed by atoms with E-state index in [0.29, 0.717) is 50.8 Å². The van der Waals surface area contributed by atoms with Crippen molar-refractivity contribution in [1.82, 2.24) is 9.13 Å². The summed E-state index contributed by atoms with van der Waals surface area (Å²) in [5.74, 6) is -4.19. The Morgan fingerprint density at radius 3 is 1.01 bits per heavy atom. The van der Waals surface area contributed by atoms with Crippen LogP contribution in [-0.4, -0.2) is 33.0 Å². The van der Waals surface area contributed by atoms with Crippen molar-refractivity contribution in [3.63, 3.8) is 0 Å². The molecule has 0 unspecified atom stereocenters. The third-order valence-electron chi connectivity index (χ3n) is 14.4. The summed E-state index contributed by atoms with van der Waals surface area (Å²) in [6, 6.07) is 42.8. The van der Waals surface area contributed by atoms with Crippen LogP contribution in [0.2, 0.25) is 0 Å². The number of rotatable bonds is 16. The van der Waals surface area contributed by atoms with Crippen molar-refractivity contribution >= 4 is 135 Å². The normalized spacial score (nSPS) is 13.8. The van der Waals surface area contributed by atoms with Gasteiger partial charge in [0.25, 0.3) is 11.1 Å². The minimum Gasteiger partial charge on any atom is -0.459 e. The lowest BCUT2D eigenvalue weighted by atomic mass is 9.77. The Bertz CT molecular complexity index is 4430. The third-order valence-corrected chi connectivity index (χ3v) is 20.5. The number of hydrogen-bond acceptors (Lipinski definition) is 19. The predicted molar refractivity (Wildman–Crippen MR) is 325 cm³/mol. The first-order chi connectivity index (χ1) is 41.3. The molecule has 21 heteroatoms. The number of hydrogen-bond donors (Lipinski definition) is 0. The summed E-state index contributed by atoms with van der Waals surface area (Å²) in [5, 5.41) is 39.8. The quantitative estimate of drug-likeness (QED) is 0.0502. The third kappa shape index (κ3) is 9.83. The van der Waals surface area contributed by atoms with Crippen LogP contribution in [0.4, 0.5) is 0 Å². The topological polar surface area (TPSA) is 244 Å². The molecule has 0 saturated carbocycles. The van der Waals surface area contributed by atoms with Gasteiger partial charge in [-0.3, -0.25) is 37.9 Å². The maximum Gasteiger partial charge on any atom is 0.333 e. The highest BCUT2D eigenvalue weighted by Crippen LogP contribution is 2.60. The summed E-state index contributed by atoms with van der Waals surface area (Å²) in [7, 11) is 0. The van der Waals surface area contributed by atoms with Crippen LogP contribution in [0.1, 0.15) is 57.0 Å². The number of thiophene rings is 3. The van der Waals surface area contributed by atoms with Crippen molar-refractivity contribution in [2.75, 3.05) is 0 Å². The van der Waals surface area contributed by atoms with Gasteiger partial charge in [-0.15, -0.1) is 56.7 Å². The molecule has 0 amide bonds. The predicted octanol–water partition coefficient (Wildman–Crippen LogP) is 8.26. The van der Waals surface area contributed by atoms with Crippen LogP contribution < -0.4 is 29.5 Å². The van der Waals surface area contributed by atoms with Crippen LogP contribution in [0.3, 0.4) is 0 Å². The van der Waals surface area contributed by atoms with Crippen molar-refractivity contribution in [3.8, 4) is 24.3 Å². The van der Waals surface area contributed by atoms with Crippen molar-refractivity contribution in [3.05, 3.63) is 215 Å². The number of ether oxygens (including phenoxy) is 4. The zero-order chi connectivity index (χ0) is 59.6. The van der Waals surface area contributed by atoms with Crippen molar-refractivity contribution < 1.29 is 38.1 Å². The monoisotopic (exact) mass is 1210 g/mol. The van der Waals surface area contributed by atoms with E-state index in [4.69, 9.17) is 18.9 Å². The van der Waals surface area contributed by atoms with Crippen molar-refractivity contribution in [2.45, 2.75) is 64.2 Å². The Balaban J connectivity index is 1.19. The second-order valence-corrected chi connectivity index (χ2v) is 24.4. The first-order valence-electron chi connectivity index (χ1n) is 26.2. The molecule has 0 bridgehead atoms. The summed E-state index contributed by atoms with van der Waals surface area (Å²) < 4.78 is 29.4. The average Bonchev–Trinajstić information content (AvgIpc) is 1.54. The number of carbonyl (C=O) groups is 4.